The monoisotopic (exact) mass is 264 g/mol. The molecule has 18 heavy (non-hydrogen) atoms. The van der Waals surface area contributed by atoms with Crippen LogP contribution in [-0.4, -0.2) is 42.7 Å². The summed E-state index contributed by atoms with van der Waals surface area (Å²) in [5, 5.41) is 3.10. The molecular formula is C12H19F3N2O. The van der Waals surface area contributed by atoms with Crippen LogP contribution < -0.4 is 5.32 Å². The molecule has 0 aromatic heterocycles. The van der Waals surface area contributed by atoms with Gasteiger partial charge in [0, 0.05) is 6.54 Å². The van der Waals surface area contributed by atoms with Crippen LogP contribution in [0.5, 0.6) is 0 Å². The van der Waals surface area contributed by atoms with Gasteiger partial charge in [-0.1, -0.05) is 6.42 Å². The molecule has 2 rings (SSSR count). The summed E-state index contributed by atoms with van der Waals surface area (Å²) in [5.74, 6) is 0.326. The number of fused-ring (bicyclic) bond motifs is 1. The molecular weight excluding hydrogens is 245 g/mol. The van der Waals surface area contributed by atoms with Gasteiger partial charge in [-0.3, -0.25) is 4.79 Å². The number of carbonyl (C=O) groups is 1. The first kappa shape index (κ1) is 13.6. The third-order valence-corrected chi connectivity index (χ3v) is 4.08. The van der Waals surface area contributed by atoms with Crippen molar-refractivity contribution in [1.82, 2.24) is 10.2 Å². The van der Waals surface area contributed by atoms with E-state index in [1.165, 1.54) is 0 Å². The van der Waals surface area contributed by atoms with Gasteiger partial charge in [-0.15, -0.1) is 0 Å². The SMILES string of the molecule is CCN(CC(F)(F)F)C(=O)C1NCC2CCCC21. The topological polar surface area (TPSA) is 32.3 Å². The highest BCUT2D eigenvalue weighted by Crippen LogP contribution is 2.38. The van der Waals surface area contributed by atoms with Gasteiger partial charge in [-0.05, 0) is 38.1 Å². The first-order valence-corrected chi connectivity index (χ1v) is 6.51. The van der Waals surface area contributed by atoms with E-state index in [1.807, 2.05) is 0 Å². The zero-order chi connectivity index (χ0) is 13.3. The third kappa shape index (κ3) is 2.79. The summed E-state index contributed by atoms with van der Waals surface area (Å²) in [6, 6.07) is -0.403. The summed E-state index contributed by atoms with van der Waals surface area (Å²) >= 11 is 0. The third-order valence-electron chi connectivity index (χ3n) is 4.08. The van der Waals surface area contributed by atoms with Gasteiger partial charge in [-0.2, -0.15) is 13.2 Å². The van der Waals surface area contributed by atoms with E-state index in [1.54, 1.807) is 6.92 Å². The molecule has 1 aliphatic carbocycles. The lowest BCUT2D eigenvalue weighted by Crippen LogP contribution is -2.49. The summed E-state index contributed by atoms with van der Waals surface area (Å²) in [4.78, 5) is 13.1. The molecule has 1 saturated heterocycles. The van der Waals surface area contributed by atoms with Crippen molar-refractivity contribution in [3.63, 3.8) is 0 Å². The van der Waals surface area contributed by atoms with Crippen LogP contribution in [0.1, 0.15) is 26.2 Å². The molecule has 0 spiro atoms. The summed E-state index contributed by atoms with van der Waals surface area (Å²) in [6.45, 7) is 1.32. The zero-order valence-electron chi connectivity index (χ0n) is 10.5. The van der Waals surface area contributed by atoms with Crippen molar-refractivity contribution in [3.8, 4) is 0 Å². The highest BCUT2D eigenvalue weighted by Gasteiger charge is 2.45. The molecule has 0 aromatic rings. The Morgan fingerprint density at radius 3 is 2.72 bits per heavy atom. The smallest absolute Gasteiger partial charge is 0.333 e. The van der Waals surface area contributed by atoms with E-state index in [9.17, 15) is 18.0 Å². The minimum absolute atomic E-state index is 0.105. The number of nitrogens with one attached hydrogen (secondary N) is 1. The Hall–Kier alpha value is -0.780. The van der Waals surface area contributed by atoms with E-state index in [0.29, 0.717) is 5.92 Å². The maximum atomic E-state index is 12.4. The van der Waals surface area contributed by atoms with Gasteiger partial charge in [-0.25, -0.2) is 0 Å². The first-order chi connectivity index (χ1) is 8.42. The molecule has 0 bridgehead atoms. The van der Waals surface area contributed by atoms with Crippen LogP contribution in [0.15, 0.2) is 0 Å². The Kier molecular flexibility index (Phi) is 3.84. The van der Waals surface area contributed by atoms with Crippen LogP contribution in [0, 0.1) is 11.8 Å². The molecule has 1 aliphatic heterocycles. The molecule has 1 amide bonds. The number of likely N-dealkylation sites (N-methyl/N-ethyl adjacent to an activating group) is 1. The summed E-state index contributed by atoms with van der Waals surface area (Å²) < 4.78 is 37.2. The highest BCUT2D eigenvalue weighted by molar-refractivity contribution is 5.82. The fraction of sp³-hybridized carbons (Fsp3) is 0.917. The molecule has 1 saturated carbocycles. The second kappa shape index (κ2) is 5.07. The second-order valence-corrected chi connectivity index (χ2v) is 5.21. The number of halogens is 3. The van der Waals surface area contributed by atoms with Gasteiger partial charge < -0.3 is 10.2 Å². The van der Waals surface area contributed by atoms with Crippen LogP contribution in [-0.2, 0) is 4.79 Å². The van der Waals surface area contributed by atoms with Crippen LogP contribution >= 0.6 is 0 Å². The van der Waals surface area contributed by atoms with Crippen molar-refractivity contribution in [2.45, 2.75) is 38.4 Å². The van der Waals surface area contributed by atoms with E-state index in [0.717, 1.165) is 30.7 Å². The standard InChI is InChI=1S/C12H19F3N2O/c1-2-17(7-12(13,14)15)11(18)10-9-5-3-4-8(9)6-16-10/h8-10,16H,2-7H2,1H3. The van der Waals surface area contributed by atoms with Crippen LogP contribution in [0.4, 0.5) is 13.2 Å². The molecule has 2 fully saturated rings. The molecule has 1 heterocycles. The molecule has 104 valence electrons. The van der Waals surface area contributed by atoms with Crippen LogP contribution in [0.2, 0.25) is 0 Å². The van der Waals surface area contributed by atoms with Gasteiger partial charge in [0.15, 0.2) is 0 Å². The number of carbonyl (C=O) groups excluding carboxylic acids is 1. The fourth-order valence-corrected chi connectivity index (χ4v) is 3.22. The predicted octanol–water partition coefficient (Wildman–Crippen LogP) is 1.79. The number of hydrogen-bond acceptors (Lipinski definition) is 2. The number of nitrogens with zero attached hydrogens (tertiary/aromatic N) is 1. The van der Waals surface area contributed by atoms with E-state index >= 15 is 0 Å². The van der Waals surface area contributed by atoms with Gasteiger partial charge >= 0.3 is 6.18 Å². The van der Waals surface area contributed by atoms with Crippen molar-refractivity contribution in [2.24, 2.45) is 11.8 Å². The maximum absolute atomic E-state index is 12.4. The Labute approximate surface area is 105 Å². The normalized spacial score (nSPS) is 31.4. The van der Waals surface area contributed by atoms with Crippen molar-refractivity contribution < 1.29 is 18.0 Å². The Morgan fingerprint density at radius 2 is 2.11 bits per heavy atom. The van der Waals surface area contributed by atoms with E-state index in [-0.39, 0.29) is 18.4 Å². The molecule has 3 nitrogen and oxygen atoms in total. The predicted molar refractivity (Wildman–Crippen MR) is 60.9 cm³/mol. The number of rotatable bonds is 3. The van der Waals surface area contributed by atoms with Crippen molar-refractivity contribution in [3.05, 3.63) is 0 Å². The number of hydrogen-bond donors (Lipinski definition) is 1. The number of amides is 1. The fourth-order valence-electron chi connectivity index (χ4n) is 3.22. The van der Waals surface area contributed by atoms with Gasteiger partial charge in [0.05, 0.1) is 6.04 Å². The molecule has 6 heteroatoms. The molecule has 0 radical (unpaired) electrons. The summed E-state index contributed by atoms with van der Waals surface area (Å²) in [6.07, 6.45) is -1.18. The van der Waals surface area contributed by atoms with Crippen LogP contribution in [0.25, 0.3) is 0 Å². The average Bonchev–Trinajstić information content (AvgIpc) is 2.85. The largest absolute Gasteiger partial charge is 0.406 e. The maximum Gasteiger partial charge on any atom is 0.406 e. The van der Waals surface area contributed by atoms with Crippen LogP contribution in [0.3, 0.4) is 0 Å². The van der Waals surface area contributed by atoms with E-state index < -0.39 is 18.8 Å². The number of alkyl halides is 3. The average molecular weight is 264 g/mol. The van der Waals surface area contributed by atoms with E-state index in [2.05, 4.69) is 5.32 Å². The lowest BCUT2D eigenvalue weighted by molar-refractivity contribution is -0.162. The molecule has 0 aromatic carbocycles. The van der Waals surface area contributed by atoms with Gasteiger partial charge in [0.2, 0.25) is 5.91 Å². The molecule has 1 N–H and O–H groups in total. The minimum Gasteiger partial charge on any atom is -0.333 e. The zero-order valence-corrected chi connectivity index (χ0v) is 10.5. The minimum atomic E-state index is -4.32. The Balaban J connectivity index is 2.01. The first-order valence-electron chi connectivity index (χ1n) is 6.51. The molecule has 3 atom stereocenters. The highest BCUT2D eigenvalue weighted by atomic mass is 19.4. The lowest BCUT2D eigenvalue weighted by Gasteiger charge is -2.27. The van der Waals surface area contributed by atoms with Gasteiger partial charge in [0.1, 0.15) is 6.54 Å². The van der Waals surface area contributed by atoms with Crippen molar-refractivity contribution in [2.75, 3.05) is 19.6 Å². The Bertz CT molecular complexity index is 319. The Morgan fingerprint density at radius 1 is 1.39 bits per heavy atom. The molecule has 2 aliphatic rings. The lowest BCUT2D eigenvalue weighted by atomic mass is 9.93. The van der Waals surface area contributed by atoms with Gasteiger partial charge in [0.25, 0.3) is 0 Å². The quantitative estimate of drug-likeness (QED) is 0.843. The summed E-state index contributed by atoms with van der Waals surface area (Å²) in [5.41, 5.74) is 0. The summed E-state index contributed by atoms with van der Waals surface area (Å²) in [7, 11) is 0. The van der Waals surface area contributed by atoms with Crippen molar-refractivity contribution >= 4 is 5.91 Å². The molecule has 3 unspecified atom stereocenters. The second-order valence-electron chi connectivity index (χ2n) is 5.21. The van der Waals surface area contributed by atoms with E-state index in [4.69, 9.17) is 0 Å². The van der Waals surface area contributed by atoms with Crippen molar-refractivity contribution in [1.29, 1.82) is 0 Å².